The van der Waals surface area contributed by atoms with E-state index in [0.717, 1.165) is 6.54 Å². The van der Waals surface area contributed by atoms with Gasteiger partial charge in [0.25, 0.3) is 0 Å². The fourth-order valence-electron chi connectivity index (χ4n) is 1.97. The molecule has 0 aliphatic carbocycles. The van der Waals surface area contributed by atoms with Crippen molar-refractivity contribution in [2.24, 2.45) is 11.3 Å². The van der Waals surface area contributed by atoms with Crippen LogP contribution in [0.25, 0.3) is 0 Å². The molecule has 0 fully saturated rings. The molecule has 1 heterocycles. The molecule has 0 aliphatic rings. The number of unbranched alkanes of at least 4 members (excludes halogenated alkanes) is 2. The lowest BCUT2D eigenvalue weighted by Crippen LogP contribution is -2.25. The molecule has 0 aromatic carbocycles. The molecule has 0 radical (unpaired) electrons. The zero-order chi connectivity index (χ0) is 15.9. The Balaban J connectivity index is 2.67. The van der Waals surface area contributed by atoms with Gasteiger partial charge in [0.1, 0.15) is 0 Å². The Labute approximate surface area is 127 Å². The highest BCUT2D eigenvalue weighted by molar-refractivity contribution is 5.42. The summed E-state index contributed by atoms with van der Waals surface area (Å²) in [7, 11) is 3.77. The van der Waals surface area contributed by atoms with Crippen LogP contribution in [0, 0.1) is 5.41 Å². The molecule has 1 aromatic rings. The van der Waals surface area contributed by atoms with Gasteiger partial charge in [0.2, 0.25) is 17.8 Å². The van der Waals surface area contributed by atoms with E-state index in [1.807, 2.05) is 19.0 Å². The van der Waals surface area contributed by atoms with E-state index >= 15 is 0 Å². The molecule has 0 bridgehead atoms. The average Bonchev–Trinajstić information content (AvgIpc) is 2.45. The molecule has 0 saturated heterocycles. The summed E-state index contributed by atoms with van der Waals surface area (Å²) in [6.45, 7) is 7.55. The van der Waals surface area contributed by atoms with Crippen LogP contribution in [0.4, 0.5) is 17.8 Å². The van der Waals surface area contributed by atoms with Crippen molar-refractivity contribution in [3.05, 3.63) is 0 Å². The quantitative estimate of drug-likeness (QED) is 0.365. The Bertz CT molecular complexity index is 431. The zero-order valence-electron chi connectivity index (χ0n) is 13.9. The molecular weight excluding hydrogens is 266 g/mol. The summed E-state index contributed by atoms with van der Waals surface area (Å²) in [5.41, 5.74) is 2.68. The van der Waals surface area contributed by atoms with Crippen molar-refractivity contribution in [3.8, 4) is 0 Å². The molecule has 7 heteroatoms. The SMILES string of the molecule is CCCCCC(C)(C)CNc1nc(NN)nc(N(C)C)n1. The number of aromatic nitrogens is 3. The smallest absolute Gasteiger partial charge is 0.243 e. The topological polar surface area (TPSA) is 92.0 Å². The first-order valence-electron chi connectivity index (χ1n) is 7.52. The lowest BCUT2D eigenvalue weighted by atomic mass is 9.87. The van der Waals surface area contributed by atoms with E-state index in [1.54, 1.807) is 0 Å². The highest BCUT2D eigenvalue weighted by atomic mass is 15.4. The van der Waals surface area contributed by atoms with Crippen molar-refractivity contribution in [3.63, 3.8) is 0 Å². The molecule has 0 spiro atoms. The molecule has 1 rings (SSSR count). The van der Waals surface area contributed by atoms with Gasteiger partial charge in [0.05, 0.1) is 0 Å². The summed E-state index contributed by atoms with van der Waals surface area (Å²) < 4.78 is 0. The molecular formula is C14H29N7. The number of anilines is 3. The van der Waals surface area contributed by atoms with Gasteiger partial charge in [-0.3, -0.25) is 5.43 Å². The normalized spacial score (nSPS) is 11.3. The van der Waals surface area contributed by atoms with Gasteiger partial charge >= 0.3 is 0 Å². The maximum atomic E-state index is 5.40. The van der Waals surface area contributed by atoms with Crippen molar-refractivity contribution < 1.29 is 0 Å². The van der Waals surface area contributed by atoms with Crippen LogP contribution < -0.4 is 21.5 Å². The average molecular weight is 295 g/mol. The van der Waals surface area contributed by atoms with Gasteiger partial charge in [0.15, 0.2) is 0 Å². The van der Waals surface area contributed by atoms with Crippen molar-refractivity contribution in [1.82, 2.24) is 15.0 Å². The van der Waals surface area contributed by atoms with Crippen molar-refractivity contribution >= 4 is 17.8 Å². The summed E-state index contributed by atoms with van der Waals surface area (Å²) in [5, 5.41) is 3.30. The monoisotopic (exact) mass is 295 g/mol. The third kappa shape index (κ3) is 6.12. The summed E-state index contributed by atoms with van der Waals surface area (Å²) in [4.78, 5) is 14.6. The minimum atomic E-state index is 0.205. The van der Waals surface area contributed by atoms with Crippen LogP contribution in [-0.4, -0.2) is 35.6 Å². The van der Waals surface area contributed by atoms with E-state index in [0.29, 0.717) is 17.8 Å². The van der Waals surface area contributed by atoms with Gasteiger partial charge in [-0.2, -0.15) is 15.0 Å². The Morgan fingerprint density at radius 1 is 1.10 bits per heavy atom. The molecule has 7 nitrogen and oxygen atoms in total. The molecule has 0 saturated carbocycles. The largest absolute Gasteiger partial charge is 0.353 e. The van der Waals surface area contributed by atoms with Crippen LogP contribution in [0.2, 0.25) is 0 Å². The van der Waals surface area contributed by atoms with Gasteiger partial charge < -0.3 is 10.2 Å². The first kappa shape index (κ1) is 17.4. The van der Waals surface area contributed by atoms with Gasteiger partial charge in [-0.15, -0.1) is 0 Å². The summed E-state index contributed by atoms with van der Waals surface area (Å²) >= 11 is 0. The molecule has 0 aliphatic heterocycles. The number of hydrogen-bond acceptors (Lipinski definition) is 7. The number of nitrogens with zero attached hydrogens (tertiary/aromatic N) is 4. The minimum Gasteiger partial charge on any atom is -0.353 e. The first-order valence-corrected chi connectivity index (χ1v) is 7.52. The van der Waals surface area contributed by atoms with Crippen LogP contribution in [0.3, 0.4) is 0 Å². The lowest BCUT2D eigenvalue weighted by Gasteiger charge is -2.25. The van der Waals surface area contributed by atoms with Gasteiger partial charge in [-0.05, 0) is 11.8 Å². The Morgan fingerprint density at radius 3 is 2.33 bits per heavy atom. The van der Waals surface area contributed by atoms with E-state index in [-0.39, 0.29) is 5.41 Å². The standard InChI is InChI=1S/C14H29N7/c1-6-7-8-9-14(2,3)10-16-11-17-12(20-15)19-13(18-11)21(4)5/h6-10,15H2,1-5H3,(H2,16,17,18,19,20). The van der Waals surface area contributed by atoms with Crippen molar-refractivity contribution in [2.75, 3.05) is 36.3 Å². The maximum absolute atomic E-state index is 5.40. The van der Waals surface area contributed by atoms with Gasteiger partial charge in [-0.1, -0.05) is 40.0 Å². The molecule has 120 valence electrons. The van der Waals surface area contributed by atoms with E-state index in [1.165, 1.54) is 25.7 Å². The second-order valence-electron chi connectivity index (χ2n) is 6.30. The van der Waals surface area contributed by atoms with Crippen LogP contribution >= 0.6 is 0 Å². The third-order valence-electron chi connectivity index (χ3n) is 3.33. The Kier molecular flexibility index (Phi) is 6.61. The van der Waals surface area contributed by atoms with E-state index in [9.17, 15) is 0 Å². The van der Waals surface area contributed by atoms with Crippen LogP contribution in [0.15, 0.2) is 0 Å². The summed E-state index contributed by atoms with van der Waals surface area (Å²) in [6, 6.07) is 0. The Hall–Kier alpha value is -1.63. The highest BCUT2D eigenvalue weighted by Crippen LogP contribution is 2.24. The number of nitrogens with two attached hydrogens (primary N) is 1. The molecule has 1 aromatic heterocycles. The minimum absolute atomic E-state index is 0.205. The number of rotatable bonds is 9. The van der Waals surface area contributed by atoms with E-state index in [2.05, 4.69) is 46.5 Å². The van der Waals surface area contributed by atoms with Crippen LogP contribution in [0.5, 0.6) is 0 Å². The second-order valence-corrected chi connectivity index (χ2v) is 6.30. The zero-order valence-corrected chi connectivity index (χ0v) is 13.9. The second kappa shape index (κ2) is 7.97. The first-order chi connectivity index (χ1) is 9.88. The van der Waals surface area contributed by atoms with E-state index in [4.69, 9.17) is 5.84 Å². The summed E-state index contributed by atoms with van der Waals surface area (Å²) in [6.07, 6.45) is 4.96. The molecule has 21 heavy (non-hydrogen) atoms. The number of nitrogens with one attached hydrogen (secondary N) is 2. The number of hydrogen-bond donors (Lipinski definition) is 3. The van der Waals surface area contributed by atoms with E-state index < -0.39 is 0 Å². The molecule has 0 amide bonds. The Morgan fingerprint density at radius 2 is 1.76 bits per heavy atom. The van der Waals surface area contributed by atoms with Crippen LogP contribution in [-0.2, 0) is 0 Å². The maximum Gasteiger partial charge on any atom is 0.243 e. The molecule has 0 unspecified atom stereocenters. The number of hydrazine groups is 1. The third-order valence-corrected chi connectivity index (χ3v) is 3.33. The predicted octanol–water partition coefficient (Wildman–Crippen LogP) is 2.24. The van der Waals surface area contributed by atoms with Gasteiger partial charge in [0, 0.05) is 20.6 Å². The molecule has 0 atom stereocenters. The highest BCUT2D eigenvalue weighted by Gasteiger charge is 2.18. The fourth-order valence-corrected chi connectivity index (χ4v) is 1.97. The van der Waals surface area contributed by atoms with Crippen molar-refractivity contribution in [2.45, 2.75) is 46.5 Å². The van der Waals surface area contributed by atoms with Gasteiger partial charge in [-0.25, -0.2) is 5.84 Å². The summed E-state index contributed by atoms with van der Waals surface area (Å²) in [5.74, 6) is 6.88. The number of nitrogen functional groups attached to an aromatic ring is 1. The molecule has 4 N–H and O–H groups in total. The predicted molar refractivity (Wildman–Crippen MR) is 88.4 cm³/mol. The fraction of sp³-hybridized carbons (Fsp3) is 0.786. The lowest BCUT2D eigenvalue weighted by molar-refractivity contribution is 0.342. The van der Waals surface area contributed by atoms with Crippen LogP contribution in [0.1, 0.15) is 46.5 Å². The van der Waals surface area contributed by atoms with Crippen molar-refractivity contribution in [1.29, 1.82) is 0 Å².